The first-order valence-electron chi connectivity index (χ1n) is 7.61. The number of hydrogen-bond donors (Lipinski definition) is 2. The summed E-state index contributed by atoms with van der Waals surface area (Å²) in [5.41, 5.74) is 0.0130. The van der Waals surface area contributed by atoms with E-state index < -0.39 is 22.8 Å². The summed E-state index contributed by atoms with van der Waals surface area (Å²) in [4.78, 5) is 12.2. The van der Waals surface area contributed by atoms with E-state index in [0.29, 0.717) is 12.2 Å². The standard InChI is InChI=1S/C14H16ClF3N6O/c1-23-11(10(15)12(22-23)14(16,17)18)13(25)20-6-8-5-9-7-19-3-2-4-24(9)21-8/h5,19H,2-4,6-7H2,1H3,(H,20,25). The molecule has 0 aromatic carbocycles. The van der Waals surface area contributed by atoms with Gasteiger partial charge in [0, 0.05) is 20.1 Å². The van der Waals surface area contributed by atoms with Crippen LogP contribution in [0, 0.1) is 0 Å². The Balaban J connectivity index is 1.72. The van der Waals surface area contributed by atoms with Crippen molar-refractivity contribution in [3.63, 3.8) is 0 Å². The number of aryl methyl sites for hydroxylation is 2. The van der Waals surface area contributed by atoms with Gasteiger partial charge in [0.25, 0.3) is 5.91 Å². The van der Waals surface area contributed by atoms with Crippen LogP contribution in [0.4, 0.5) is 13.2 Å². The summed E-state index contributed by atoms with van der Waals surface area (Å²) in [6.07, 6.45) is -3.77. The number of nitrogens with one attached hydrogen (secondary N) is 2. The molecule has 1 aliphatic heterocycles. The zero-order valence-corrected chi connectivity index (χ0v) is 14.1. The van der Waals surface area contributed by atoms with Gasteiger partial charge >= 0.3 is 6.18 Å². The third-order valence-corrected chi connectivity index (χ3v) is 4.20. The Morgan fingerprint density at radius 1 is 1.44 bits per heavy atom. The highest BCUT2D eigenvalue weighted by atomic mass is 35.5. The Morgan fingerprint density at radius 3 is 2.88 bits per heavy atom. The van der Waals surface area contributed by atoms with Crippen molar-refractivity contribution in [2.45, 2.75) is 32.2 Å². The van der Waals surface area contributed by atoms with Gasteiger partial charge in [0.15, 0.2) is 5.69 Å². The fourth-order valence-electron chi connectivity index (χ4n) is 2.69. The SMILES string of the molecule is Cn1nc(C(F)(F)F)c(Cl)c1C(=O)NCc1cc2n(n1)CCCNC2. The van der Waals surface area contributed by atoms with Crippen molar-refractivity contribution in [2.75, 3.05) is 6.54 Å². The zero-order valence-electron chi connectivity index (χ0n) is 13.3. The Kier molecular flexibility index (Phi) is 4.74. The molecule has 2 N–H and O–H groups in total. The second kappa shape index (κ2) is 6.68. The van der Waals surface area contributed by atoms with Crippen LogP contribution in [-0.4, -0.2) is 32.0 Å². The molecule has 3 rings (SSSR count). The first-order valence-corrected chi connectivity index (χ1v) is 7.99. The predicted octanol–water partition coefficient (Wildman–Crippen LogP) is 1.71. The van der Waals surface area contributed by atoms with Gasteiger partial charge in [-0.3, -0.25) is 14.2 Å². The Hall–Kier alpha value is -2.07. The van der Waals surface area contributed by atoms with Crippen molar-refractivity contribution in [1.29, 1.82) is 0 Å². The third-order valence-electron chi connectivity index (χ3n) is 3.85. The van der Waals surface area contributed by atoms with Crippen LogP contribution < -0.4 is 10.6 Å². The van der Waals surface area contributed by atoms with Gasteiger partial charge in [0.05, 0.1) is 17.9 Å². The molecular formula is C14H16ClF3N6O. The molecule has 25 heavy (non-hydrogen) atoms. The summed E-state index contributed by atoms with van der Waals surface area (Å²) in [5, 5.41) is 12.8. The quantitative estimate of drug-likeness (QED) is 0.855. The molecule has 1 amide bonds. The average Bonchev–Trinajstić information content (AvgIpc) is 2.97. The molecule has 0 spiro atoms. The van der Waals surface area contributed by atoms with E-state index in [1.54, 1.807) is 0 Å². The van der Waals surface area contributed by atoms with Crippen LogP contribution in [0.25, 0.3) is 0 Å². The molecule has 0 bridgehead atoms. The molecule has 2 aromatic heterocycles. The molecule has 0 saturated carbocycles. The maximum absolute atomic E-state index is 12.8. The Morgan fingerprint density at radius 2 is 2.20 bits per heavy atom. The first kappa shape index (κ1) is 17.7. The number of nitrogens with zero attached hydrogens (tertiary/aromatic N) is 4. The molecule has 0 unspecified atom stereocenters. The van der Waals surface area contributed by atoms with Gasteiger partial charge in [0.1, 0.15) is 10.7 Å². The predicted molar refractivity (Wildman–Crippen MR) is 82.9 cm³/mol. The second-order valence-electron chi connectivity index (χ2n) is 5.70. The third kappa shape index (κ3) is 3.64. The summed E-state index contributed by atoms with van der Waals surface area (Å²) >= 11 is 5.70. The van der Waals surface area contributed by atoms with Gasteiger partial charge in [-0.1, -0.05) is 11.6 Å². The molecule has 1 aliphatic rings. The maximum Gasteiger partial charge on any atom is 0.436 e. The van der Waals surface area contributed by atoms with E-state index in [2.05, 4.69) is 20.8 Å². The molecule has 2 aromatic rings. The number of halogens is 4. The van der Waals surface area contributed by atoms with Crippen LogP contribution >= 0.6 is 11.6 Å². The average molecular weight is 377 g/mol. The van der Waals surface area contributed by atoms with Crippen LogP contribution in [0.5, 0.6) is 0 Å². The highest BCUT2D eigenvalue weighted by Gasteiger charge is 2.39. The minimum atomic E-state index is -4.72. The van der Waals surface area contributed by atoms with Crippen molar-refractivity contribution in [2.24, 2.45) is 7.05 Å². The van der Waals surface area contributed by atoms with Gasteiger partial charge in [-0.2, -0.15) is 23.4 Å². The van der Waals surface area contributed by atoms with Crippen molar-refractivity contribution in [3.8, 4) is 0 Å². The fraction of sp³-hybridized carbons (Fsp3) is 0.500. The molecule has 7 nitrogen and oxygen atoms in total. The van der Waals surface area contributed by atoms with E-state index in [4.69, 9.17) is 11.6 Å². The van der Waals surface area contributed by atoms with E-state index in [1.807, 2.05) is 10.7 Å². The van der Waals surface area contributed by atoms with Crippen LogP contribution in [0.15, 0.2) is 6.07 Å². The van der Waals surface area contributed by atoms with E-state index in [1.165, 1.54) is 7.05 Å². The van der Waals surface area contributed by atoms with E-state index in [-0.39, 0.29) is 12.2 Å². The molecular weight excluding hydrogens is 361 g/mol. The molecule has 0 atom stereocenters. The molecule has 0 radical (unpaired) electrons. The number of hydrogen-bond acceptors (Lipinski definition) is 4. The summed E-state index contributed by atoms with van der Waals surface area (Å²) in [5.74, 6) is -0.739. The Labute approximate surface area is 146 Å². The van der Waals surface area contributed by atoms with Crippen molar-refractivity contribution >= 4 is 17.5 Å². The number of aromatic nitrogens is 4. The minimum absolute atomic E-state index is 0.0850. The monoisotopic (exact) mass is 376 g/mol. The number of rotatable bonds is 3. The smallest absolute Gasteiger partial charge is 0.345 e. The van der Waals surface area contributed by atoms with E-state index in [9.17, 15) is 18.0 Å². The summed E-state index contributed by atoms with van der Waals surface area (Å²) in [7, 11) is 1.24. The zero-order chi connectivity index (χ0) is 18.2. The second-order valence-corrected chi connectivity index (χ2v) is 6.07. The van der Waals surface area contributed by atoms with Crippen molar-refractivity contribution in [3.05, 3.63) is 33.9 Å². The molecule has 11 heteroatoms. The van der Waals surface area contributed by atoms with Crippen LogP contribution in [0.2, 0.25) is 5.02 Å². The van der Waals surface area contributed by atoms with Crippen LogP contribution in [0.3, 0.4) is 0 Å². The molecule has 0 fully saturated rings. The highest BCUT2D eigenvalue weighted by molar-refractivity contribution is 6.34. The van der Waals surface area contributed by atoms with Gasteiger partial charge < -0.3 is 10.6 Å². The fourth-order valence-corrected chi connectivity index (χ4v) is 3.04. The summed E-state index contributed by atoms with van der Waals surface area (Å²) < 4.78 is 41.1. The molecule has 3 heterocycles. The number of amides is 1. The van der Waals surface area contributed by atoms with Crippen molar-refractivity contribution < 1.29 is 18.0 Å². The van der Waals surface area contributed by atoms with Gasteiger partial charge in [-0.05, 0) is 19.0 Å². The van der Waals surface area contributed by atoms with Gasteiger partial charge in [-0.15, -0.1) is 0 Å². The lowest BCUT2D eigenvalue weighted by Gasteiger charge is -2.05. The van der Waals surface area contributed by atoms with E-state index in [0.717, 1.165) is 29.9 Å². The minimum Gasteiger partial charge on any atom is -0.345 e. The van der Waals surface area contributed by atoms with Crippen LogP contribution in [-0.2, 0) is 32.9 Å². The molecule has 0 aliphatic carbocycles. The lowest BCUT2D eigenvalue weighted by molar-refractivity contribution is -0.141. The lowest BCUT2D eigenvalue weighted by Crippen LogP contribution is -2.25. The first-order chi connectivity index (χ1) is 11.8. The lowest BCUT2D eigenvalue weighted by atomic mass is 10.3. The molecule has 136 valence electrons. The Bertz CT molecular complexity index is 774. The number of carbonyl (C=O) groups excluding carboxylic acids is 1. The highest BCUT2D eigenvalue weighted by Crippen LogP contribution is 2.35. The van der Waals surface area contributed by atoms with E-state index >= 15 is 0 Å². The molecule has 0 saturated heterocycles. The van der Waals surface area contributed by atoms with Crippen LogP contribution in [0.1, 0.15) is 34.0 Å². The largest absolute Gasteiger partial charge is 0.436 e. The topological polar surface area (TPSA) is 76.8 Å². The van der Waals surface area contributed by atoms with Gasteiger partial charge in [0.2, 0.25) is 0 Å². The number of carbonyl (C=O) groups is 1. The summed E-state index contributed by atoms with van der Waals surface area (Å²) in [6, 6.07) is 1.85. The number of fused-ring (bicyclic) bond motifs is 1. The maximum atomic E-state index is 12.8. The normalized spacial score (nSPS) is 14.9. The van der Waals surface area contributed by atoms with Crippen molar-refractivity contribution in [1.82, 2.24) is 30.2 Å². The summed E-state index contributed by atoms with van der Waals surface area (Å²) in [6.45, 7) is 2.46. The van der Waals surface area contributed by atoms with Gasteiger partial charge in [-0.25, -0.2) is 0 Å². The number of alkyl halides is 3.